The number of aryl methyl sites for hydroxylation is 1. The molecule has 3 heterocycles. The minimum absolute atomic E-state index is 0.417. The van der Waals surface area contributed by atoms with Crippen molar-refractivity contribution in [2.45, 2.75) is 30.3 Å². The van der Waals surface area contributed by atoms with Crippen LogP contribution in [0, 0.1) is 0 Å². The molecule has 5 aromatic rings. The Balaban J connectivity index is 1.33. The highest BCUT2D eigenvalue weighted by Gasteiger charge is 2.16. The van der Waals surface area contributed by atoms with Crippen LogP contribution in [0.1, 0.15) is 22.1 Å². The van der Waals surface area contributed by atoms with E-state index in [1.54, 1.807) is 29.2 Å². The fraction of sp³-hybridized carbons (Fsp3) is 0.167. The van der Waals surface area contributed by atoms with Gasteiger partial charge in [0, 0.05) is 17.8 Å². The third-order valence-electron chi connectivity index (χ3n) is 5.08. The topological polar surface area (TPSA) is 69.6 Å². The maximum Gasteiger partial charge on any atom is 0.259 e. The van der Waals surface area contributed by atoms with Crippen LogP contribution in [0.15, 0.2) is 81.8 Å². The molecule has 0 fully saturated rings. The Hall–Kier alpha value is -2.94. The van der Waals surface area contributed by atoms with Gasteiger partial charge in [-0.25, -0.2) is 0 Å². The van der Waals surface area contributed by atoms with Crippen molar-refractivity contribution in [2.75, 3.05) is 0 Å². The molecule has 6 nitrogen and oxygen atoms in total. The molecular weight excluding hydrogens is 474 g/mol. The lowest BCUT2D eigenvalue weighted by atomic mass is 10.1. The smallest absolute Gasteiger partial charge is 0.259 e. The van der Waals surface area contributed by atoms with E-state index < -0.39 is 0 Å². The van der Waals surface area contributed by atoms with Crippen molar-refractivity contribution in [3.8, 4) is 11.5 Å². The minimum Gasteiger partial charge on any atom is -0.334 e. The number of benzene rings is 2. The number of hydrogen-bond acceptors (Lipinski definition) is 7. The van der Waals surface area contributed by atoms with E-state index in [0.717, 1.165) is 35.9 Å². The van der Waals surface area contributed by atoms with Gasteiger partial charge < -0.3 is 9.09 Å². The number of rotatable bonds is 9. The maximum absolute atomic E-state index is 6.25. The Morgan fingerprint density at radius 1 is 0.970 bits per heavy atom. The number of aromatic nitrogens is 5. The molecule has 166 valence electrons. The van der Waals surface area contributed by atoms with Gasteiger partial charge >= 0.3 is 0 Å². The summed E-state index contributed by atoms with van der Waals surface area (Å²) in [5, 5.41) is 16.6. The molecule has 0 saturated heterocycles. The van der Waals surface area contributed by atoms with Crippen molar-refractivity contribution in [1.29, 1.82) is 0 Å². The first-order valence-corrected chi connectivity index (χ1v) is 12.7. The molecule has 0 spiro atoms. The molecule has 0 radical (unpaired) electrons. The third kappa shape index (κ3) is 5.35. The molecule has 5 rings (SSSR count). The van der Waals surface area contributed by atoms with E-state index in [9.17, 15) is 0 Å². The highest BCUT2D eigenvalue weighted by atomic mass is 35.5. The summed E-state index contributed by atoms with van der Waals surface area (Å²) in [7, 11) is 0. The quantitative estimate of drug-likeness (QED) is 0.229. The third-order valence-corrected chi connectivity index (χ3v) is 7.24. The number of hydrogen-bond donors (Lipinski definition) is 0. The summed E-state index contributed by atoms with van der Waals surface area (Å²) in [6, 6.07) is 22.1. The summed E-state index contributed by atoms with van der Waals surface area (Å²) in [6.07, 6.45) is 1.67. The van der Waals surface area contributed by atoms with Crippen LogP contribution in [-0.2, 0) is 25.1 Å². The van der Waals surface area contributed by atoms with Gasteiger partial charge in [-0.05, 0) is 35.6 Å². The summed E-state index contributed by atoms with van der Waals surface area (Å²) < 4.78 is 7.63. The molecule has 0 saturated carbocycles. The Kier molecular flexibility index (Phi) is 6.85. The lowest BCUT2D eigenvalue weighted by Gasteiger charge is -2.09. The van der Waals surface area contributed by atoms with Crippen LogP contribution in [0.2, 0.25) is 5.02 Å². The molecule has 0 aliphatic rings. The van der Waals surface area contributed by atoms with E-state index in [1.165, 1.54) is 10.4 Å². The molecule has 0 aliphatic carbocycles. The molecule has 0 atom stereocenters. The summed E-state index contributed by atoms with van der Waals surface area (Å²) in [5.74, 6) is 2.49. The molecular formula is C24H20ClN5OS2. The van der Waals surface area contributed by atoms with Gasteiger partial charge in [0.15, 0.2) is 11.0 Å². The SMILES string of the molecule is Clc1ccccc1-c1nc(CSc2nnc(Cc3cccs3)n2CCc2ccccc2)no1. The first kappa shape index (κ1) is 21.9. The maximum atomic E-state index is 6.25. The summed E-state index contributed by atoms with van der Waals surface area (Å²) >= 11 is 9.54. The number of thiophene rings is 1. The second-order valence-corrected chi connectivity index (χ2v) is 9.71. The van der Waals surface area contributed by atoms with E-state index in [2.05, 4.69) is 66.7 Å². The Morgan fingerprint density at radius 3 is 2.64 bits per heavy atom. The van der Waals surface area contributed by atoms with Crippen LogP contribution >= 0.6 is 34.7 Å². The van der Waals surface area contributed by atoms with Gasteiger partial charge in [-0.15, -0.1) is 21.5 Å². The fourth-order valence-corrected chi connectivity index (χ4v) is 5.17. The van der Waals surface area contributed by atoms with E-state index in [4.69, 9.17) is 16.1 Å². The lowest BCUT2D eigenvalue weighted by molar-refractivity contribution is 0.425. The van der Waals surface area contributed by atoms with Crippen LogP contribution in [0.5, 0.6) is 0 Å². The van der Waals surface area contributed by atoms with Crippen molar-refractivity contribution in [1.82, 2.24) is 24.9 Å². The molecule has 0 unspecified atom stereocenters. The average molecular weight is 494 g/mol. The second-order valence-electron chi connectivity index (χ2n) is 7.33. The summed E-state index contributed by atoms with van der Waals surface area (Å²) in [6.45, 7) is 0.803. The molecule has 2 aromatic carbocycles. The normalized spacial score (nSPS) is 11.2. The van der Waals surface area contributed by atoms with E-state index in [0.29, 0.717) is 22.5 Å². The zero-order valence-electron chi connectivity index (χ0n) is 17.6. The largest absolute Gasteiger partial charge is 0.334 e. The highest BCUT2D eigenvalue weighted by molar-refractivity contribution is 7.98. The average Bonchev–Trinajstić information content (AvgIpc) is 3.60. The fourth-order valence-electron chi connectivity index (χ4n) is 3.42. The van der Waals surface area contributed by atoms with Crippen LogP contribution in [0.4, 0.5) is 0 Å². The van der Waals surface area contributed by atoms with Crippen molar-refractivity contribution in [3.63, 3.8) is 0 Å². The first-order chi connectivity index (χ1) is 16.3. The van der Waals surface area contributed by atoms with Gasteiger partial charge in [0.25, 0.3) is 5.89 Å². The molecule has 0 aliphatic heterocycles. The van der Waals surface area contributed by atoms with Crippen molar-refractivity contribution >= 4 is 34.7 Å². The summed E-state index contributed by atoms with van der Waals surface area (Å²) in [5.41, 5.74) is 2.01. The van der Waals surface area contributed by atoms with Gasteiger partial charge in [0.05, 0.1) is 16.3 Å². The predicted molar refractivity (Wildman–Crippen MR) is 132 cm³/mol. The van der Waals surface area contributed by atoms with Crippen LogP contribution in [-0.4, -0.2) is 24.9 Å². The molecule has 0 N–H and O–H groups in total. The van der Waals surface area contributed by atoms with Crippen molar-refractivity contribution < 1.29 is 4.52 Å². The zero-order valence-corrected chi connectivity index (χ0v) is 20.0. The molecule has 0 bridgehead atoms. The van der Waals surface area contributed by atoms with Crippen molar-refractivity contribution in [2.24, 2.45) is 0 Å². The van der Waals surface area contributed by atoms with Crippen LogP contribution in [0.25, 0.3) is 11.5 Å². The van der Waals surface area contributed by atoms with Crippen LogP contribution in [0.3, 0.4) is 0 Å². The highest BCUT2D eigenvalue weighted by Crippen LogP contribution is 2.28. The van der Waals surface area contributed by atoms with E-state index >= 15 is 0 Å². The lowest BCUT2D eigenvalue weighted by Crippen LogP contribution is -2.08. The summed E-state index contributed by atoms with van der Waals surface area (Å²) in [4.78, 5) is 5.77. The van der Waals surface area contributed by atoms with Gasteiger partial charge in [-0.3, -0.25) is 0 Å². The van der Waals surface area contributed by atoms with E-state index in [-0.39, 0.29) is 0 Å². The Bertz CT molecular complexity index is 1320. The van der Waals surface area contributed by atoms with Crippen molar-refractivity contribution in [3.05, 3.63) is 99.2 Å². The van der Waals surface area contributed by atoms with Gasteiger partial charge in [0.2, 0.25) is 0 Å². The monoisotopic (exact) mass is 493 g/mol. The Labute approximate surface area is 204 Å². The second kappa shape index (κ2) is 10.3. The number of halogens is 1. The van der Waals surface area contributed by atoms with Gasteiger partial charge in [0.1, 0.15) is 5.82 Å². The molecule has 33 heavy (non-hydrogen) atoms. The predicted octanol–water partition coefficient (Wildman–Crippen LogP) is 6.17. The van der Waals surface area contributed by atoms with Gasteiger partial charge in [-0.2, -0.15) is 4.98 Å². The molecule has 0 amide bonds. The standard InChI is InChI=1S/C24H20ClN5OS2/c25-20-11-5-4-10-19(20)23-26-21(29-31-23)16-33-24-28-27-22(15-18-9-6-14-32-18)30(24)13-12-17-7-2-1-3-8-17/h1-11,14H,12-13,15-16H2. The number of nitrogens with zero attached hydrogens (tertiary/aromatic N) is 5. The Morgan fingerprint density at radius 2 is 1.82 bits per heavy atom. The minimum atomic E-state index is 0.417. The zero-order chi connectivity index (χ0) is 22.5. The first-order valence-electron chi connectivity index (χ1n) is 10.4. The van der Waals surface area contributed by atoms with Crippen LogP contribution < -0.4 is 0 Å². The number of thioether (sulfide) groups is 1. The molecule has 9 heteroatoms. The molecule has 3 aromatic heterocycles. The van der Waals surface area contributed by atoms with E-state index in [1.807, 2.05) is 24.3 Å². The van der Waals surface area contributed by atoms with Gasteiger partial charge in [-0.1, -0.05) is 77.1 Å².